The van der Waals surface area contributed by atoms with Gasteiger partial charge in [-0.15, -0.1) is 0 Å². The lowest BCUT2D eigenvalue weighted by atomic mass is 10.0. The summed E-state index contributed by atoms with van der Waals surface area (Å²) in [4.78, 5) is 25.4. The molecular weight excluding hydrogens is 264 g/mol. The predicted octanol–water partition coefficient (Wildman–Crippen LogP) is 2.70. The molecule has 1 unspecified atom stereocenters. The van der Waals surface area contributed by atoms with Crippen molar-refractivity contribution in [1.82, 2.24) is 5.32 Å². The number of carbonyl (C=O) groups is 2. The molecule has 1 aliphatic carbocycles. The Morgan fingerprint density at radius 1 is 1.05 bits per heavy atom. The van der Waals surface area contributed by atoms with Crippen molar-refractivity contribution in [2.75, 3.05) is 4.90 Å². The van der Waals surface area contributed by atoms with Crippen LogP contribution in [0.3, 0.4) is 0 Å². The standard InChI is InChI=1S/C17H14N2O2/c1-10-16(20)18-17(21)19(10)14-8-4-6-12-9-11-5-2-3-7-13(11)15(12)14/h2-8,10H,9H2,1H3,(H,18,20,21). The molecule has 4 nitrogen and oxygen atoms in total. The normalized spacial score (nSPS) is 19.5. The number of anilines is 1. The average molecular weight is 278 g/mol. The quantitative estimate of drug-likeness (QED) is 0.696. The van der Waals surface area contributed by atoms with Gasteiger partial charge in [0.15, 0.2) is 0 Å². The van der Waals surface area contributed by atoms with E-state index in [4.69, 9.17) is 0 Å². The van der Waals surface area contributed by atoms with Gasteiger partial charge in [-0.3, -0.25) is 15.0 Å². The second-order valence-electron chi connectivity index (χ2n) is 5.49. The molecule has 2 aliphatic rings. The number of urea groups is 1. The first-order valence-corrected chi connectivity index (χ1v) is 7.01. The molecule has 1 aliphatic heterocycles. The van der Waals surface area contributed by atoms with E-state index in [9.17, 15) is 9.59 Å². The van der Waals surface area contributed by atoms with Crippen LogP contribution in [-0.4, -0.2) is 18.0 Å². The summed E-state index contributed by atoms with van der Waals surface area (Å²) in [5, 5.41) is 2.38. The number of fused-ring (bicyclic) bond motifs is 3. The lowest BCUT2D eigenvalue weighted by Crippen LogP contribution is -2.33. The molecule has 1 fully saturated rings. The number of nitrogens with zero attached hydrogens (tertiary/aromatic N) is 1. The smallest absolute Gasteiger partial charge is 0.281 e. The maximum atomic E-state index is 12.1. The molecule has 2 aromatic rings. The number of hydrogen-bond acceptors (Lipinski definition) is 2. The van der Waals surface area contributed by atoms with Crippen LogP contribution in [0.15, 0.2) is 42.5 Å². The average Bonchev–Trinajstić information content (AvgIpc) is 2.97. The van der Waals surface area contributed by atoms with Gasteiger partial charge in [0.2, 0.25) is 0 Å². The van der Waals surface area contributed by atoms with Gasteiger partial charge >= 0.3 is 6.03 Å². The zero-order valence-electron chi connectivity index (χ0n) is 11.6. The first-order chi connectivity index (χ1) is 10.2. The van der Waals surface area contributed by atoms with Crippen molar-refractivity contribution in [1.29, 1.82) is 0 Å². The zero-order chi connectivity index (χ0) is 14.6. The minimum Gasteiger partial charge on any atom is -0.281 e. The first kappa shape index (κ1) is 12.1. The molecule has 4 rings (SSSR count). The fourth-order valence-electron chi connectivity index (χ4n) is 3.25. The molecule has 1 N–H and O–H groups in total. The van der Waals surface area contributed by atoms with Gasteiger partial charge in [0.25, 0.3) is 5.91 Å². The molecule has 21 heavy (non-hydrogen) atoms. The second kappa shape index (κ2) is 4.19. The van der Waals surface area contributed by atoms with Crippen LogP contribution in [0.1, 0.15) is 18.1 Å². The minimum atomic E-state index is -0.475. The molecule has 1 saturated heterocycles. The van der Waals surface area contributed by atoms with Crippen molar-refractivity contribution >= 4 is 17.6 Å². The molecule has 0 radical (unpaired) electrons. The molecule has 3 amide bonds. The first-order valence-electron chi connectivity index (χ1n) is 7.01. The summed E-state index contributed by atoms with van der Waals surface area (Å²) >= 11 is 0. The van der Waals surface area contributed by atoms with E-state index in [0.29, 0.717) is 0 Å². The highest BCUT2D eigenvalue weighted by Crippen LogP contribution is 2.43. The Labute approximate surface area is 122 Å². The van der Waals surface area contributed by atoms with Crippen molar-refractivity contribution in [3.05, 3.63) is 53.6 Å². The monoisotopic (exact) mass is 278 g/mol. The molecule has 104 valence electrons. The number of imide groups is 1. The molecule has 0 bridgehead atoms. The van der Waals surface area contributed by atoms with Crippen LogP contribution in [0.4, 0.5) is 10.5 Å². The van der Waals surface area contributed by atoms with Crippen molar-refractivity contribution in [3.63, 3.8) is 0 Å². The number of benzene rings is 2. The molecule has 2 aromatic carbocycles. The number of carbonyl (C=O) groups excluding carboxylic acids is 2. The van der Waals surface area contributed by atoms with Gasteiger partial charge in [0.05, 0.1) is 5.69 Å². The van der Waals surface area contributed by atoms with Crippen molar-refractivity contribution in [2.24, 2.45) is 0 Å². The number of nitrogens with one attached hydrogen (secondary N) is 1. The van der Waals surface area contributed by atoms with Crippen LogP contribution in [0.2, 0.25) is 0 Å². The summed E-state index contributed by atoms with van der Waals surface area (Å²) in [6.07, 6.45) is 0.872. The molecule has 1 atom stereocenters. The third kappa shape index (κ3) is 1.62. The van der Waals surface area contributed by atoms with Gasteiger partial charge < -0.3 is 0 Å². The summed E-state index contributed by atoms with van der Waals surface area (Å²) in [5.41, 5.74) is 5.51. The van der Waals surface area contributed by atoms with E-state index in [-0.39, 0.29) is 11.9 Å². The Balaban J connectivity index is 1.93. The SMILES string of the molecule is CC1C(=O)NC(=O)N1c1cccc2c1-c1ccccc1C2. The highest BCUT2D eigenvalue weighted by molar-refractivity contribution is 6.15. The summed E-state index contributed by atoms with van der Waals surface area (Å²) in [5.74, 6) is -0.246. The maximum absolute atomic E-state index is 12.1. The van der Waals surface area contributed by atoms with Gasteiger partial charge in [0.1, 0.15) is 6.04 Å². The molecule has 0 saturated carbocycles. The molecule has 1 heterocycles. The predicted molar refractivity (Wildman–Crippen MR) is 80.2 cm³/mol. The molecule has 0 aromatic heterocycles. The van der Waals surface area contributed by atoms with Gasteiger partial charge in [0, 0.05) is 5.56 Å². The maximum Gasteiger partial charge on any atom is 0.329 e. The number of rotatable bonds is 1. The highest BCUT2D eigenvalue weighted by atomic mass is 16.2. The van der Waals surface area contributed by atoms with Crippen molar-refractivity contribution in [3.8, 4) is 11.1 Å². The topological polar surface area (TPSA) is 49.4 Å². The Morgan fingerprint density at radius 2 is 1.81 bits per heavy atom. The fourth-order valence-corrected chi connectivity index (χ4v) is 3.25. The van der Waals surface area contributed by atoms with Crippen LogP contribution >= 0.6 is 0 Å². The van der Waals surface area contributed by atoms with Crippen LogP contribution in [-0.2, 0) is 11.2 Å². The Kier molecular flexibility index (Phi) is 2.42. The highest BCUT2D eigenvalue weighted by Gasteiger charge is 2.38. The van der Waals surface area contributed by atoms with E-state index in [1.54, 1.807) is 11.8 Å². The third-order valence-corrected chi connectivity index (χ3v) is 4.27. The second-order valence-corrected chi connectivity index (χ2v) is 5.49. The van der Waals surface area contributed by atoms with E-state index in [0.717, 1.165) is 23.2 Å². The van der Waals surface area contributed by atoms with E-state index < -0.39 is 6.04 Å². The fraction of sp³-hybridized carbons (Fsp3) is 0.176. The molecular formula is C17H14N2O2. The zero-order valence-corrected chi connectivity index (χ0v) is 11.6. The lowest BCUT2D eigenvalue weighted by molar-refractivity contribution is -0.119. The van der Waals surface area contributed by atoms with Crippen molar-refractivity contribution in [2.45, 2.75) is 19.4 Å². The van der Waals surface area contributed by atoms with Gasteiger partial charge in [-0.25, -0.2) is 4.79 Å². The lowest BCUT2D eigenvalue weighted by Gasteiger charge is -2.22. The van der Waals surface area contributed by atoms with E-state index in [2.05, 4.69) is 23.5 Å². The van der Waals surface area contributed by atoms with E-state index >= 15 is 0 Å². The Bertz CT molecular complexity index is 782. The van der Waals surface area contributed by atoms with Gasteiger partial charge in [-0.2, -0.15) is 0 Å². The van der Waals surface area contributed by atoms with E-state index in [1.165, 1.54) is 11.1 Å². The minimum absolute atomic E-state index is 0.246. The third-order valence-electron chi connectivity index (χ3n) is 4.27. The van der Waals surface area contributed by atoms with Crippen LogP contribution in [0, 0.1) is 0 Å². The van der Waals surface area contributed by atoms with Gasteiger partial charge in [-0.1, -0.05) is 36.4 Å². The number of amides is 3. The van der Waals surface area contributed by atoms with E-state index in [1.807, 2.05) is 24.3 Å². The van der Waals surface area contributed by atoms with Crippen molar-refractivity contribution < 1.29 is 9.59 Å². The molecule has 4 heteroatoms. The van der Waals surface area contributed by atoms with Gasteiger partial charge in [-0.05, 0) is 36.1 Å². The Morgan fingerprint density at radius 3 is 2.57 bits per heavy atom. The summed E-state index contributed by atoms with van der Waals surface area (Å²) in [7, 11) is 0. The summed E-state index contributed by atoms with van der Waals surface area (Å²) < 4.78 is 0. The van der Waals surface area contributed by atoms with Crippen LogP contribution in [0.5, 0.6) is 0 Å². The summed E-state index contributed by atoms with van der Waals surface area (Å²) in [6, 6.07) is 13.3. The van der Waals surface area contributed by atoms with Crippen LogP contribution in [0.25, 0.3) is 11.1 Å². The largest absolute Gasteiger partial charge is 0.329 e. The number of hydrogen-bond donors (Lipinski definition) is 1. The molecule has 0 spiro atoms. The summed E-state index contributed by atoms with van der Waals surface area (Å²) in [6.45, 7) is 1.75. The Hall–Kier alpha value is -2.62. The van der Waals surface area contributed by atoms with Crippen LogP contribution < -0.4 is 10.2 Å².